The molecule has 1 aliphatic rings. The molecule has 20 heavy (non-hydrogen) atoms. The summed E-state index contributed by atoms with van der Waals surface area (Å²) in [4.78, 5) is 11.0. The first-order chi connectivity index (χ1) is 9.32. The van der Waals surface area contributed by atoms with Gasteiger partial charge in [-0.15, -0.1) is 0 Å². The topological polar surface area (TPSA) is 74.7 Å². The van der Waals surface area contributed by atoms with E-state index in [2.05, 4.69) is 22.9 Å². The fraction of sp³-hybridized carbons (Fsp3) is 0.462. The second-order valence-electron chi connectivity index (χ2n) is 5.04. The molecular formula is C13H16BrNO4S. The van der Waals surface area contributed by atoms with Crippen LogP contribution in [0.3, 0.4) is 0 Å². The van der Waals surface area contributed by atoms with Crippen LogP contribution in [0.1, 0.15) is 30.1 Å². The lowest BCUT2D eigenvalue weighted by Gasteiger charge is -2.29. The number of carboxylic acid groups (broad SMARTS) is 1. The third-order valence-corrected chi connectivity index (χ3v) is 6.43. The van der Waals surface area contributed by atoms with Gasteiger partial charge in [-0.05, 0) is 52.9 Å². The second-order valence-corrected chi connectivity index (χ2v) is 7.80. The third-order valence-electron chi connectivity index (χ3n) is 3.54. The van der Waals surface area contributed by atoms with Crippen LogP contribution in [0.5, 0.6) is 0 Å². The van der Waals surface area contributed by atoms with Crippen molar-refractivity contribution in [2.75, 3.05) is 13.1 Å². The highest BCUT2D eigenvalue weighted by Gasteiger charge is 2.30. The molecule has 0 aliphatic carbocycles. The van der Waals surface area contributed by atoms with E-state index in [1.807, 2.05) is 0 Å². The van der Waals surface area contributed by atoms with Crippen molar-refractivity contribution in [1.29, 1.82) is 0 Å². The summed E-state index contributed by atoms with van der Waals surface area (Å²) in [5, 5.41) is 8.99. The molecule has 1 aromatic rings. The van der Waals surface area contributed by atoms with Crippen LogP contribution in [0, 0.1) is 5.92 Å². The van der Waals surface area contributed by atoms with Gasteiger partial charge in [0.05, 0.1) is 10.5 Å². The van der Waals surface area contributed by atoms with E-state index in [-0.39, 0.29) is 10.5 Å². The van der Waals surface area contributed by atoms with Gasteiger partial charge in [-0.2, -0.15) is 4.31 Å². The van der Waals surface area contributed by atoms with Gasteiger partial charge < -0.3 is 5.11 Å². The van der Waals surface area contributed by atoms with Crippen LogP contribution in [0.15, 0.2) is 27.6 Å². The van der Waals surface area contributed by atoms with Crippen molar-refractivity contribution in [2.45, 2.75) is 24.7 Å². The molecule has 0 atom stereocenters. The van der Waals surface area contributed by atoms with Crippen LogP contribution in [0.2, 0.25) is 0 Å². The van der Waals surface area contributed by atoms with Gasteiger partial charge in [-0.25, -0.2) is 13.2 Å². The van der Waals surface area contributed by atoms with E-state index in [0.29, 0.717) is 23.5 Å². The van der Waals surface area contributed by atoms with E-state index in [1.165, 1.54) is 22.5 Å². The molecule has 1 heterocycles. The number of halogens is 1. The lowest BCUT2D eigenvalue weighted by molar-refractivity contribution is 0.0696. The summed E-state index contributed by atoms with van der Waals surface area (Å²) in [6.07, 6.45) is 1.66. The normalized spacial score (nSPS) is 18.1. The van der Waals surface area contributed by atoms with Crippen LogP contribution < -0.4 is 0 Å². The molecule has 0 bridgehead atoms. The lowest BCUT2D eigenvalue weighted by atomic mass is 10.0. The molecule has 0 spiro atoms. The predicted molar refractivity (Wildman–Crippen MR) is 78.3 cm³/mol. The maximum absolute atomic E-state index is 12.6. The van der Waals surface area contributed by atoms with Crippen molar-refractivity contribution in [3.8, 4) is 0 Å². The average molecular weight is 362 g/mol. The van der Waals surface area contributed by atoms with Crippen molar-refractivity contribution in [3.05, 3.63) is 28.2 Å². The van der Waals surface area contributed by atoms with Crippen LogP contribution in [-0.4, -0.2) is 36.9 Å². The molecule has 1 aromatic carbocycles. The summed E-state index contributed by atoms with van der Waals surface area (Å²) in [5.74, 6) is -0.614. The monoisotopic (exact) mass is 361 g/mol. The minimum Gasteiger partial charge on any atom is -0.478 e. The highest BCUT2D eigenvalue weighted by atomic mass is 79.9. The molecular weight excluding hydrogens is 346 g/mol. The SMILES string of the molecule is CC1CCN(S(=O)(=O)c2cc(C(=O)O)ccc2Br)CC1. The summed E-state index contributed by atoms with van der Waals surface area (Å²) >= 11 is 3.20. The molecule has 0 aromatic heterocycles. The van der Waals surface area contributed by atoms with Crippen molar-refractivity contribution in [2.24, 2.45) is 5.92 Å². The Bertz CT molecular complexity index is 621. The molecule has 2 rings (SSSR count). The Morgan fingerprint density at radius 3 is 2.50 bits per heavy atom. The van der Waals surface area contributed by atoms with Gasteiger partial charge in [0, 0.05) is 17.6 Å². The number of hydrogen-bond acceptors (Lipinski definition) is 3. The summed E-state index contributed by atoms with van der Waals surface area (Å²) < 4.78 is 27.0. The zero-order valence-corrected chi connectivity index (χ0v) is 13.4. The molecule has 1 aliphatic heterocycles. The first-order valence-corrected chi connectivity index (χ1v) is 8.58. The Hall–Kier alpha value is -0.920. The van der Waals surface area contributed by atoms with Crippen molar-refractivity contribution in [1.82, 2.24) is 4.31 Å². The zero-order chi connectivity index (χ0) is 14.9. The number of aromatic carboxylic acids is 1. The fourth-order valence-corrected chi connectivity index (χ4v) is 4.62. The molecule has 7 heteroatoms. The minimum atomic E-state index is -3.65. The molecule has 110 valence electrons. The van der Waals surface area contributed by atoms with Gasteiger partial charge in [0.2, 0.25) is 10.0 Å². The Morgan fingerprint density at radius 2 is 1.95 bits per heavy atom. The van der Waals surface area contributed by atoms with Gasteiger partial charge >= 0.3 is 5.97 Å². The first-order valence-electron chi connectivity index (χ1n) is 6.35. The largest absolute Gasteiger partial charge is 0.478 e. The highest BCUT2D eigenvalue weighted by molar-refractivity contribution is 9.10. The second kappa shape index (κ2) is 5.83. The number of rotatable bonds is 3. The Labute approximate surface area is 126 Å². The molecule has 1 saturated heterocycles. The Balaban J connectivity index is 2.38. The molecule has 0 amide bonds. The summed E-state index contributed by atoms with van der Waals surface area (Å²) in [5.41, 5.74) is -0.0304. The first kappa shape index (κ1) is 15.5. The summed E-state index contributed by atoms with van der Waals surface area (Å²) in [6.45, 7) is 3.06. The van der Waals surface area contributed by atoms with Crippen LogP contribution in [0.4, 0.5) is 0 Å². The van der Waals surface area contributed by atoms with E-state index in [0.717, 1.165) is 12.8 Å². The Morgan fingerprint density at radius 1 is 1.35 bits per heavy atom. The van der Waals surface area contributed by atoms with E-state index in [4.69, 9.17) is 5.11 Å². The Kier molecular flexibility index (Phi) is 4.51. The smallest absolute Gasteiger partial charge is 0.335 e. The molecule has 1 N–H and O–H groups in total. The molecule has 5 nitrogen and oxygen atoms in total. The van der Waals surface area contributed by atoms with Gasteiger partial charge in [-0.3, -0.25) is 0 Å². The quantitative estimate of drug-likeness (QED) is 0.897. The van der Waals surface area contributed by atoms with Crippen molar-refractivity contribution >= 4 is 31.9 Å². The predicted octanol–water partition coefficient (Wildman–Crippen LogP) is 2.57. The van der Waals surface area contributed by atoms with E-state index < -0.39 is 16.0 Å². The number of piperidine rings is 1. The van der Waals surface area contributed by atoms with Crippen molar-refractivity contribution in [3.63, 3.8) is 0 Å². The maximum Gasteiger partial charge on any atom is 0.335 e. The van der Waals surface area contributed by atoms with Gasteiger partial charge in [0.25, 0.3) is 0 Å². The average Bonchev–Trinajstić information content (AvgIpc) is 2.39. The maximum atomic E-state index is 12.6. The molecule has 1 fully saturated rings. The van der Waals surface area contributed by atoms with Crippen LogP contribution in [0.25, 0.3) is 0 Å². The lowest BCUT2D eigenvalue weighted by Crippen LogP contribution is -2.38. The van der Waals surface area contributed by atoms with E-state index in [1.54, 1.807) is 0 Å². The van der Waals surface area contributed by atoms with Gasteiger partial charge in [0.15, 0.2) is 0 Å². The highest BCUT2D eigenvalue weighted by Crippen LogP contribution is 2.29. The van der Waals surface area contributed by atoms with Crippen molar-refractivity contribution < 1.29 is 18.3 Å². The number of sulfonamides is 1. The molecule has 0 unspecified atom stereocenters. The standard InChI is InChI=1S/C13H16BrNO4S/c1-9-4-6-15(7-5-9)20(18,19)12-8-10(13(16)17)2-3-11(12)14/h2-3,8-9H,4-7H2,1H3,(H,16,17). The van der Waals surface area contributed by atoms with Crippen LogP contribution in [-0.2, 0) is 10.0 Å². The number of hydrogen-bond donors (Lipinski definition) is 1. The number of nitrogens with zero attached hydrogens (tertiary/aromatic N) is 1. The third kappa shape index (κ3) is 3.05. The number of carboxylic acids is 1. The van der Waals surface area contributed by atoms with Gasteiger partial charge in [-0.1, -0.05) is 6.92 Å². The number of carbonyl (C=O) groups is 1. The number of benzene rings is 1. The summed E-state index contributed by atoms with van der Waals surface area (Å²) in [7, 11) is -3.65. The van der Waals surface area contributed by atoms with E-state index in [9.17, 15) is 13.2 Å². The van der Waals surface area contributed by atoms with Gasteiger partial charge in [0.1, 0.15) is 0 Å². The molecule has 0 radical (unpaired) electrons. The fourth-order valence-electron chi connectivity index (χ4n) is 2.20. The minimum absolute atomic E-state index is 0.0203. The zero-order valence-electron chi connectivity index (χ0n) is 11.0. The summed E-state index contributed by atoms with van der Waals surface area (Å²) in [6, 6.07) is 4.05. The van der Waals surface area contributed by atoms with Crippen LogP contribution >= 0.6 is 15.9 Å². The molecule has 0 saturated carbocycles. The van der Waals surface area contributed by atoms with E-state index >= 15 is 0 Å².